The van der Waals surface area contributed by atoms with Gasteiger partial charge in [0, 0.05) is 30.8 Å². The summed E-state index contributed by atoms with van der Waals surface area (Å²) in [7, 11) is 0. The molecule has 1 aromatic heterocycles. The molecule has 3 rings (SSSR count). The normalized spacial score (nSPS) is 17.3. The lowest BCUT2D eigenvalue weighted by atomic mass is 9.94. The van der Waals surface area contributed by atoms with Crippen LogP contribution in [-0.2, 0) is 12.8 Å². The van der Waals surface area contributed by atoms with E-state index in [-0.39, 0.29) is 0 Å². The Morgan fingerprint density at radius 2 is 2.14 bits per heavy atom. The first kappa shape index (κ1) is 14.0. The van der Waals surface area contributed by atoms with Gasteiger partial charge in [0.1, 0.15) is 11.6 Å². The molecular formula is C17H22N4. The zero-order chi connectivity index (χ0) is 14.7. The summed E-state index contributed by atoms with van der Waals surface area (Å²) in [5.41, 5.74) is 3.87. The van der Waals surface area contributed by atoms with E-state index in [9.17, 15) is 0 Å². The van der Waals surface area contributed by atoms with Crippen molar-refractivity contribution in [2.45, 2.75) is 32.7 Å². The molecule has 0 radical (unpaired) electrons. The topological polar surface area (TPSA) is 49.8 Å². The predicted octanol–water partition coefficient (Wildman–Crippen LogP) is 2.65. The van der Waals surface area contributed by atoms with E-state index in [0.717, 1.165) is 43.3 Å². The van der Waals surface area contributed by atoms with Crippen LogP contribution in [0, 0.1) is 6.92 Å². The van der Waals surface area contributed by atoms with Gasteiger partial charge >= 0.3 is 0 Å². The molecular weight excluding hydrogens is 260 g/mol. The van der Waals surface area contributed by atoms with E-state index in [0.29, 0.717) is 6.04 Å². The van der Waals surface area contributed by atoms with Gasteiger partial charge in [0.15, 0.2) is 0 Å². The Labute approximate surface area is 126 Å². The first-order chi connectivity index (χ1) is 10.3. The van der Waals surface area contributed by atoms with E-state index < -0.39 is 0 Å². The van der Waals surface area contributed by atoms with Crippen LogP contribution < -0.4 is 10.6 Å². The van der Waals surface area contributed by atoms with Crippen LogP contribution >= 0.6 is 0 Å². The third-order valence-corrected chi connectivity index (χ3v) is 3.92. The van der Waals surface area contributed by atoms with E-state index in [1.54, 1.807) is 0 Å². The third kappa shape index (κ3) is 3.22. The van der Waals surface area contributed by atoms with Crippen molar-refractivity contribution in [2.24, 2.45) is 0 Å². The molecule has 4 heteroatoms. The second-order valence-electron chi connectivity index (χ2n) is 5.50. The second kappa shape index (κ2) is 6.22. The smallest absolute Gasteiger partial charge is 0.130 e. The van der Waals surface area contributed by atoms with Crippen LogP contribution in [0.15, 0.2) is 30.3 Å². The number of nitrogens with one attached hydrogen (secondary N) is 2. The highest BCUT2D eigenvalue weighted by atomic mass is 15.1. The van der Waals surface area contributed by atoms with Crippen molar-refractivity contribution in [1.82, 2.24) is 15.3 Å². The SMILES string of the molecule is CCc1nc(C)cc(NCC2NCCc3ccccc32)n1. The van der Waals surface area contributed by atoms with Crippen molar-refractivity contribution in [3.05, 3.63) is 53.0 Å². The maximum Gasteiger partial charge on any atom is 0.130 e. The molecule has 1 aliphatic rings. The van der Waals surface area contributed by atoms with Crippen molar-refractivity contribution in [1.29, 1.82) is 0 Å². The van der Waals surface area contributed by atoms with Crippen LogP contribution in [0.1, 0.15) is 35.6 Å². The van der Waals surface area contributed by atoms with E-state index in [4.69, 9.17) is 0 Å². The fraction of sp³-hybridized carbons (Fsp3) is 0.412. The quantitative estimate of drug-likeness (QED) is 0.905. The number of rotatable bonds is 4. The molecule has 4 nitrogen and oxygen atoms in total. The molecule has 1 unspecified atom stereocenters. The molecule has 0 aliphatic carbocycles. The van der Waals surface area contributed by atoms with Gasteiger partial charge in [-0.15, -0.1) is 0 Å². The predicted molar refractivity (Wildman–Crippen MR) is 85.5 cm³/mol. The lowest BCUT2D eigenvalue weighted by Gasteiger charge is -2.27. The Kier molecular flexibility index (Phi) is 4.15. The van der Waals surface area contributed by atoms with E-state index in [1.807, 2.05) is 13.0 Å². The number of hydrogen-bond donors (Lipinski definition) is 2. The van der Waals surface area contributed by atoms with Gasteiger partial charge < -0.3 is 10.6 Å². The monoisotopic (exact) mass is 282 g/mol. The minimum atomic E-state index is 0.343. The van der Waals surface area contributed by atoms with Crippen molar-refractivity contribution in [3.8, 4) is 0 Å². The molecule has 1 aromatic carbocycles. The number of aromatic nitrogens is 2. The molecule has 0 bridgehead atoms. The Morgan fingerprint density at radius 3 is 3.00 bits per heavy atom. The van der Waals surface area contributed by atoms with E-state index in [1.165, 1.54) is 11.1 Å². The first-order valence-corrected chi connectivity index (χ1v) is 7.66. The number of benzene rings is 1. The minimum absolute atomic E-state index is 0.343. The van der Waals surface area contributed by atoms with Gasteiger partial charge in [-0.3, -0.25) is 0 Å². The largest absolute Gasteiger partial charge is 0.368 e. The highest BCUT2D eigenvalue weighted by Gasteiger charge is 2.18. The Hall–Kier alpha value is -1.94. The molecule has 0 saturated carbocycles. The first-order valence-electron chi connectivity index (χ1n) is 7.66. The maximum absolute atomic E-state index is 4.54. The van der Waals surface area contributed by atoms with Crippen LogP contribution in [0.25, 0.3) is 0 Å². The molecule has 21 heavy (non-hydrogen) atoms. The summed E-state index contributed by atoms with van der Waals surface area (Å²) in [5, 5.41) is 7.04. The number of aryl methyl sites for hydroxylation is 2. The summed E-state index contributed by atoms with van der Waals surface area (Å²) in [6.07, 6.45) is 1.97. The number of anilines is 1. The fourth-order valence-corrected chi connectivity index (χ4v) is 2.86. The molecule has 0 spiro atoms. The standard InChI is InChI=1S/C17H22N4/c1-3-16-20-12(2)10-17(21-16)19-11-15-14-7-5-4-6-13(14)8-9-18-15/h4-7,10,15,18H,3,8-9,11H2,1-2H3,(H,19,20,21). The van der Waals surface area contributed by atoms with Crippen LogP contribution in [0.2, 0.25) is 0 Å². The summed E-state index contributed by atoms with van der Waals surface area (Å²) in [5.74, 6) is 1.82. The molecule has 0 amide bonds. The second-order valence-corrected chi connectivity index (χ2v) is 5.50. The molecule has 0 fully saturated rings. The van der Waals surface area contributed by atoms with Gasteiger partial charge in [-0.05, 0) is 31.0 Å². The van der Waals surface area contributed by atoms with Gasteiger partial charge in [0.25, 0.3) is 0 Å². The molecule has 2 N–H and O–H groups in total. The van der Waals surface area contributed by atoms with Crippen molar-refractivity contribution >= 4 is 5.82 Å². The third-order valence-electron chi connectivity index (χ3n) is 3.92. The molecule has 2 heterocycles. The lowest BCUT2D eigenvalue weighted by Crippen LogP contribution is -2.34. The Morgan fingerprint density at radius 1 is 1.29 bits per heavy atom. The van der Waals surface area contributed by atoms with Gasteiger partial charge in [-0.2, -0.15) is 0 Å². The van der Waals surface area contributed by atoms with Crippen LogP contribution in [0.3, 0.4) is 0 Å². The summed E-state index contributed by atoms with van der Waals surface area (Å²) >= 11 is 0. The van der Waals surface area contributed by atoms with Gasteiger partial charge in [0.2, 0.25) is 0 Å². The fourth-order valence-electron chi connectivity index (χ4n) is 2.86. The average Bonchev–Trinajstić information content (AvgIpc) is 2.52. The highest BCUT2D eigenvalue weighted by Crippen LogP contribution is 2.22. The zero-order valence-corrected chi connectivity index (χ0v) is 12.7. The van der Waals surface area contributed by atoms with Crippen molar-refractivity contribution in [2.75, 3.05) is 18.4 Å². The average molecular weight is 282 g/mol. The zero-order valence-electron chi connectivity index (χ0n) is 12.7. The molecule has 2 aromatic rings. The lowest BCUT2D eigenvalue weighted by molar-refractivity contribution is 0.523. The van der Waals surface area contributed by atoms with Crippen LogP contribution in [0.4, 0.5) is 5.82 Å². The number of nitrogens with zero attached hydrogens (tertiary/aromatic N) is 2. The maximum atomic E-state index is 4.54. The van der Waals surface area contributed by atoms with E-state index in [2.05, 4.69) is 51.8 Å². The summed E-state index contributed by atoms with van der Waals surface area (Å²) in [4.78, 5) is 8.96. The van der Waals surface area contributed by atoms with Crippen LogP contribution in [0.5, 0.6) is 0 Å². The number of fused-ring (bicyclic) bond motifs is 1. The van der Waals surface area contributed by atoms with Gasteiger partial charge in [0.05, 0.1) is 0 Å². The van der Waals surface area contributed by atoms with E-state index >= 15 is 0 Å². The molecule has 0 saturated heterocycles. The van der Waals surface area contributed by atoms with Crippen LogP contribution in [-0.4, -0.2) is 23.1 Å². The molecule has 110 valence electrons. The van der Waals surface area contributed by atoms with Crippen molar-refractivity contribution in [3.63, 3.8) is 0 Å². The van der Waals surface area contributed by atoms with Gasteiger partial charge in [-0.25, -0.2) is 9.97 Å². The summed E-state index contributed by atoms with van der Waals surface area (Å²) < 4.78 is 0. The highest BCUT2D eigenvalue weighted by molar-refractivity contribution is 5.38. The minimum Gasteiger partial charge on any atom is -0.368 e. The molecule has 1 aliphatic heterocycles. The van der Waals surface area contributed by atoms with Gasteiger partial charge in [-0.1, -0.05) is 31.2 Å². The summed E-state index contributed by atoms with van der Waals surface area (Å²) in [6, 6.07) is 11.0. The Balaban J connectivity index is 1.73. The summed E-state index contributed by atoms with van der Waals surface area (Å²) in [6.45, 7) is 5.97. The molecule has 1 atom stereocenters. The Bertz CT molecular complexity index is 624. The number of hydrogen-bond acceptors (Lipinski definition) is 4. The van der Waals surface area contributed by atoms with Crippen molar-refractivity contribution < 1.29 is 0 Å².